The van der Waals surface area contributed by atoms with Gasteiger partial charge in [-0.25, -0.2) is 4.79 Å². The molecule has 2 aromatic carbocycles. The van der Waals surface area contributed by atoms with Crippen LogP contribution >= 0.6 is 0 Å². The van der Waals surface area contributed by atoms with Gasteiger partial charge in [-0.15, -0.1) is 0 Å². The summed E-state index contributed by atoms with van der Waals surface area (Å²) in [5, 5.41) is 0. The average Bonchev–Trinajstić information content (AvgIpc) is 2.94. The van der Waals surface area contributed by atoms with Crippen LogP contribution in [0.2, 0.25) is 88.4 Å². The molecular weight excluding hydrogens is 613 g/mol. The van der Waals surface area contributed by atoms with Gasteiger partial charge < -0.3 is 4.74 Å². The number of benzene rings is 2. The predicted octanol–water partition coefficient (Wildman–Crippen LogP) is 12.8. The zero-order valence-corrected chi connectivity index (χ0v) is 34.8. The van der Waals surface area contributed by atoms with E-state index in [1.165, 1.54) is 67.3 Å². The fraction of sp³-hybridized carbons (Fsp3) is 0.615. The molecule has 0 spiro atoms. The molecule has 0 aliphatic heterocycles. The van der Waals surface area contributed by atoms with Crippen LogP contribution in [0.15, 0.2) is 54.6 Å². The van der Waals surface area contributed by atoms with Crippen LogP contribution in [0.5, 0.6) is 5.75 Å². The van der Waals surface area contributed by atoms with E-state index in [0.717, 1.165) is 18.8 Å². The molecule has 0 radical (unpaired) electrons. The van der Waals surface area contributed by atoms with E-state index in [9.17, 15) is 4.79 Å². The molecule has 1 atom stereocenters. The van der Waals surface area contributed by atoms with Crippen molar-refractivity contribution in [3.8, 4) is 5.75 Å². The van der Waals surface area contributed by atoms with E-state index in [-0.39, 0.29) is 5.97 Å². The molecule has 1 aliphatic carbocycles. The van der Waals surface area contributed by atoms with Gasteiger partial charge in [-0.3, -0.25) is 0 Å². The van der Waals surface area contributed by atoms with Crippen LogP contribution in [-0.2, 0) is 6.42 Å². The van der Waals surface area contributed by atoms with Gasteiger partial charge in [0.15, 0.2) is 0 Å². The Morgan fingerprint density at radius 1 is 0.778 bits per heavy atom. The van der Waals surface area contributed by atoms with Crippen LogP contribution in [-0.4, -0.2) is 38.3 Å². The number of carbonyl (C=O) groups is 1. The van der Waals surface area contributed by atoms with Crippen molar-refractivity contribution in [3.63, 3.8) is 0 Å². The molecule has 0 bridgehead atoms. The minimum Gasteiger partial charge on any atom is -0.423 e. The van der Waals surface area contributed by atoms with E-state index in [0.29, 0.717) is 11.3 Å². The molecule has 0 fully saturated rings. The Hall–Kier alpha value is -1.48. The summed E-state index contributed by atoms with van der Waals surface area (Å²) in [7, 11) is -4.41. The Balaban J connectivity index is 1.43. The molecule has 0 N–H and O–H groups in total. The first-order valence-corrected chi connectivity index (χ1v) is 32.0. The van der Waals surface area contributed by atoms with Gasteiger partial charge in [-0.2, -0.15) is 0 Å². The molecule has 0 heterocycles. The molecule has 0 aromatic heterocycles. The Kier molecular flexibility index (Phi) is 14.0. The maximum absolute atomic E-state index is 12.8. The summed E-state index contributed by atoms with van der Waals surface area (Å²) < 4.78 is 5.72. The van der Waals surface area contributed by atoms with Crippen molar-refractivity contribution in [3.05, 3.63) is 71.3 Å². The van der Waals surface area contributed by atoms with Gasteiger partial charge in [-0.05, 0) is 79.0 Å². The Morgan fingerprint density at radius 3 is 1.93 bits per heavy atom. The molecule has 45 heavy (non-hydrogen) atoms. The summed E-state index contributed by atoms with van der Waals surface area (Å²) >= 11 is 0. The lowest BCUT2D eigenvalue weighted by Crippen LogP contribution is -2.46. The van der Waals surface area contributed by atoms with Crippen molar-refractivity contribution >= 4 is 43.8 Å². The van der Waals surface area contributed by atoms with Crippen LogP contribution in [0.3, 0.4) is 0 Å². The predicted molar refractivity (Wildman–Crippen MR) is 211 cm³/mol. The first kappa shape index (κ1) is 38.0. The lowest BCUT2D eigenvalue weighted by molar-refractivity contribution is 0.0734. The van der Waals surface area contributed by atoms with Gasteiger partial charge >= 0.3 is 5.97 Å². The zero-order chi connectivity index (χ0) is 33.3. The number of ether oxygens (including phenoxy) is 1. The molecule has 2 aromatic rings. The Bertz CT molecular complexity index is 1220. The van der Waals surface area contributed by atoms with Crippen molar-refractivity contribution < 1.29 is 9.53 Å². The maximum atomic E-state index is 12.8. The van der Waals surface area contributed by atoms with Gasteiger partial charge in [0.25, 0.3) is 0 Å². The van der Waals surface area contributed by atoms with Crippen molar-refractivity contribution in [2.75, 3.05) is 0 Å². The fourth-order valence-electron chi connectivity index (χ4n) is 8.03. The second-order valence-corrected chi connectivity index (χ2v) is 40.4. The second kappa shape index (κ2) is 16.6. The topological polar surface area (TPSA) is 26.3 Å². The molecule has 1 unspecified atom stereocenters. The van der Waals surface area contributed by atoms with E-state index in [2.05, 4.69) is 96.2 Å². The molecule has 3 rings (SSSR count). The highest BCUT2D eigenvalue weighted by Crippen LogP contribution is 2.36. The third-order valence-corrected chi connectivity index (χ3v) is 30.3. The Labute approximate surface area is 281 Å². The Morgan fingerprint density at radius 2 is 1.40 bits per heavy atom. The summed E-state index contributed by atoms with van der Waals surface area (Å²) in [5.74, 6) is 1.18. The van der Waals surface area contributed by atoms with E-state index in [1.807, 2.05) is 24.3 Å². The van der Waals surface area contributed by atoms with Gasteiger partial charge in [0.2, 0.25) is 0 Å². The van der Waals surface area contributed by atoms with Crippen LogP contribution < -0.4 is 4.74 Å². The third kappa shape index (κ3) is 14.0. The summed E-state index contributed by atoms with van der Waals surface area (Å²) in [4.78, 5) is 12.8. The van der Waals surface area contributed by atoms with E-state index in [1.54, 1.807) is 17.4 Å². The van der Waals surface area contributed by atoms with Crippen LogP contribution in [0.4, 0.5) is 0 Å². The number of carbonyl (C=O) groups excluding carboxylic acids is 1. The first-order chi connectivity index (χ1) is 21.0. The minimum atomic E-state index is -1.18. The lowest BCUT2D eigenvalue weighted by atomic mass is 9.84. The summed E-state index contributed by atoms with van der Waals surface area (Å²) in [6, 6.07) is 20.7. The molecular formula is C39H66O2Si4. The summed E-state index contributed by atoms with van der Waals surface area (Å²) in [6.07, 6.45) is 12.3. The fourth-order valence-corrected chi connectivity index (χ4v) is 38.1. The lowest BCUT2D eigenvalue weighted by Gasteiger charge is -2.39. The van der Waals surface area contributed by atoms with Crippen molar-refractivity contribution in [2.45, 2.75) is 147 Å². The number of aryl methyl sites for hydroxylation is 1. The normalized spacial score (nSPS) is 16.4. The highest BCUT2D eigenvalue weighted by Gasteiger charge is 2.38. The number of hydrogen-bond acceptors (Lipinski definition) is 2. The van der Waals surface area contributed by atoms with Gasteiger partial charge in [0, 0.05) is 32.3 Å². The highest BCUT2D eigenvalue weighted by atomic mass is 28.4. The molecule has 6 heteroatoms. The van der Waals surface area contributed by atoms with E-state index >= 15 is 0 Å². The largest absolute Gasteiger partial charge is 0.423 e. The van der Waals surface area contributed by atoms with Crippen LogP contribution in [0.25, 0.3) is 5.57 Å². The van der Waals surface area contributed by atoms with Gasteiger partial charge in [0.1, 0.15) is 5.75 Å². The van der Waals surface area contributed by atoms with E-state index < -0.39 is 32.3 Å². The van der Waals surface area contributed by atoms with Crippen LogP contribution in [0, 0.1) is 5.92 Å². The van der Waals surface area contributed by atoms with Gasteiger partial charge in [0.05, 0.1) is 5.56 Å². The number of esters is 1. The minimum absolute atomic E-state index is 0.278. The molecule has 1 aliphatic rings. The summed E-state index contributed by atoms with van der Waals surface area (Å²) in [5.41, 5.74) is 7.86. The second-order valence-electron chi connectivity index (χ2n) is 17.9. The first-order valence-electron chi connectivity index (χ1n) is 18.1. The van der Waals surface area contributed by atoms with Crippen molar-refractivity contribution in [2.24, 2.45) is 5.92 Å². The van der Waals surface area contributed by atoms with Crippen molar-refractivity contribution in [1.82, 2.24) is 0 Å². The number of unbranched alkanes of at least 4 members (excludes halogenated alkanes) is 1. The zero-order valence-electron chi connectivity index (χ0n) is 30.8. The maximum Gasteiger partial charge on any atom is 0.343 e. The van der Waals surface area contributed by atoms with Crippen molar-refractivity contribution in [1.29, 1.82) is 0 Å². The summed E-state index contributed by atoms with van der Waals surface area (Å²) in [6.45, 7) is 25.9. The standard InChI is InChI=1S/C39H66O2Si4/c1-11-14-33-16-20-35(21-17-33)36-24-26-38(27-25-36)41-39(40)37-22-18-34(19-23-37)15-12-13-28-44(8,9)29-30-45(10,31-42(2,3)4)32-43(5,6)7/h18-20,22-27,33H,11-17,21,28-32H2,1-10H3. The molecule has 0 saturated carbocycles. The highest BCUT2D eigenvalue weighted by molar-refractivity contribution is 7.02. The number of hydrogen-bond donors (Lipinski definition) is 0. The average molecular weight is 679 g/mol. The van der Waals surface area contributed by atoms with Crippen LogP contribution in [0.1, 0.15) is 73.4 Å². The monoisotopic (exact) mass is 678 g/mol. The quantitative estimate of drug-likeness (QED) is 0.0720. The third-order valence-electron chi connectivity index (χ3n) is 9.73. The number of rotatable bonds is 17. The molecule has 2 nitrogen and oxygen atoms in total. The SMILES string of the molecule is CCCC1CC=C(c2ccc(OC(=O)c3ccc(CCCC[Si](C)(C)CC[Si](C)(C[Si](C)(C)C)C[Si](C)(C)C)cc3)cc2)CC1. The number of allylic oxidation sites excluding steroid dienone is 2. The molecule has 250 valence electrons. The molecule has 0 saturated heterocycles. The smallest absolute Gasteiger partial charge is 0.343 e. The molecule has 0 amide bonds. The van der Waals surface area contributed by atoms with E-state index in [4.69, 9.17) is 4.74 Å². The van der Waals surface area contributed by atoms with Gasteiger partial charge in [-0.1, -0.05) is 145 Å².